The molecule has 1 atom stereocenters. The summed E-state index contributed by atoms with van der Waals surface area (Å²) in [5.74, 6) is 0.291. The highest BCUT2D eigenvalue weighted by atomic mass is 32.2. The van der Waals surface area contributed by atoms with Gasteiger partial charge < -0.3 is 5.32 Å². The molecule has 0 spiro atoms. The number of nitrogens with one attached hydrogen (secondary N) is 1. The summed E-state index contributed by atoms with van der Waals surface area (Å²) in [4.78, 5) is 14.8. The van der Waals surface area contributed by atoms with Crippen LogP contribution in [0.15, 0.2) is 54.6 Å². The van der Waals surface area contributed by atoms with Crippen molar-refractivity contribution >= 4 is 21.4 Å². The van der Waals surface area contributed by atoms with Crippen molar-refractivity contribution in [1.82, 2.24) is 14.7 Å². The Morgan fingerprint density at radius 1 is 1.12 bits per heavy atom. The molecule has 8 heteroatoms. The summed E-state index contributed by atoms with van der Waals surface area (Å²) in [5.41, 5.74) is 5.99. The number of rotatable bonds is 8. The second kappa shape index (κ2) is 10.1. The van der Waals surface area contributed by atoms with Gasteiger partial charge >= 0.3 is 0 Å². The molecular formula is C26H32N4O3S. The highest BCUT2D eigenvalue weighted by molar-refractivity contribution is 7.91. The van der Waals surface area contributed by atoms with Gasteiger partial charge in [-0.25, -0.2) is 8.42 Å². The molecule has 4 rings (SSSR count). The average molecular weight is 481 g/mol. The first-order chi connectivity index (χ1) is 16.2. The maximum Gasteiger partial charge on any atom is 0.238 e. The largest absolute Gasteiger partial charge is 0.325 e. The topological polar surface area (TPSA) is 84.3 Å². The van der Waals surface area contributed by atoms with E-state index < -0.39 is 9.84 Å². The van der Waals surface area contributed by atoms with Crippen molar-refractivity contribution in [3.05, 3.63) is 82.7 Å². The highest BCUT2D eigenvalue weighted by Gasteiger charge is 2.31. The lowest BCUT2D eigenvalue weighted by molar-refractivity contribution is -0.117. The van der Waals surface area contributed by atoms with E-state index in [1.165, 1.54) is 5.56 Å². The summed E-state index contributed by atoms with van der Waals surface area (Å²) in [5, 5.41) is 7.70. The van der Waals surface area contributed by atoms with Crippen LogP contribution >= 0.6 is 0 Å². The molecule has 0 saturated carbocycles. The first-order valence-corrected chi connectivity index (χ1v) is 13.4. The molecule has 1 N–H and O–H groups in total. The van der Waals surface area contributed by atoms with Crippen molar-refractivity contribution in [2.45, 2.75) is 39.3 Å². The van der Waals surface area contributed by atoms with Crippen LogP contribution in [0.3, 0.4) is 0 Å². The summed E-state index contributed by atoms with van der Waals surface area (Å²) in [7, 11) is -1.07. The molecule has 0 radical (unpaired) electrons. The Hall–Kier alpha value is -2.97. The van der Waals surface area contributed by atoms with Crippen LogP contribution in [-0.2, 0) is 27.6 Å². The Balaban J connectivity index is 1.39. The number of sulfone groups is 1. The number of amides is 1. The molecule has 1 aliphatic heterocycles. The van der Waals surface area contributed by atoms with Crippen LogP contribution in [0.4, 0.5) is 5.69 Å². The van der Waals surface area contributed by atoms with Gasteiger partial charge in [-0.15, -0.1) is 0 Å². The zero-order valence-corrected chi connectivity index (χ0v) is 20.8. The lowest BCUT2D eigenvalue weighted by atomic mass is 10.0. The standard InChI is InChI=1S/C26H32N4O3S/c1-19-24(20(2)30(28-19)23-13-14-34(32,33)18-23)16-29(3)17-26(31)27-25-12-8-7-11-22(25)15-21-9-5-4-6-10-21/h4-12,23H,13-18H2,1-3H3,(H,27,31). The van der Waals surface area contributed by atoms with E-state index in [4.69, 9.17) is 0 Å². The molecule has 1 aliphatic rings. The number of carbonyl (C=O) groups is 1. The molecule has 34 heavy (non-hydrogen) atoms. The predicted octanol–water partition coefficient (Wildman–Crippen LogP) is 3.52. The SMILES string of the molecule is Cc1nn(C2CCS(=O)(=O)C2)c(C)c1CN(C)CC(=O)Nc1ccccc1Cc1ccccc1. The minimum Gasteiger partial charge on any atom is -0.325 e. The van der Waals surface area contributed by atoms with E-state index in [1.54, 1.807) is 0 Å². The molecule has 0 bridgehead atoms. The maximum atomic E-state index is 12.8. The second-order valence-electron chi connectivity index (χ2n) is 9.19. The molecule has 2 aromatic carbocycles. The molecule has 3 aromatic rings. The Morgan fingerprint density at radius 2 is 1.82 bits per heavy atom. The van der Waals surface area contributed by atoms with Gasteiger partial charge in [-0.05, 0) is 50.9 Å². The van der Waals surface area contributed by atoms with Gasteiger partial charge in [-0.3, -0.25) is 14.4 Å². The van der Waals surface area contributed by atoms with E-state index in [-0.39, 0.29) is 30.0 Å². The molecule has 1 saturated heterocycles. The summed E-state index contributed by atoms with van der Waals surface area (Å²) >= 11 is 0. The molecule has 1 aromatic heterocycles. The van der Waals surface area contributed by atoms with Gasteiger partial charge in [0, 0.05) is 23.5 Å². The lowest BCUT2D eigenvalue weighted by Gasteiger charge is -2.18. The fraction of sp³-hybridized carbons (Fsp3) is 0.385. The van der Waals surface area contributed by atoms with Crippen LogP contribution in [0.1, 0.15) is 40.5 Å². The third kappa shape index (κ3) is 5.74. The molecule has 7 nitrogen and oxygen atoms in total. The number of likely N-dealkylation sites (N-methyl/N-ethyl adjacent to an activating group) is 1. The van der Waals surface area contributed by atoms with Crippen molar-refractivity contribution < 1.29 is 13.2 Å². The number of hydrogen-bond donors (Lipinski definition) is 1. The minimum atomic E-state index is -2.98. The van der Waals surface area contributed by atoms with E-state index in [0.717, 1.165) is 34.6 Å². The number of para-hydroxylation sites is 1. The van der Waals surface area contributed by atoms with Gasteiger partial charge in [-0.2, -0.15) is 5.10 Å². The van der Waals surface area contributed by atoms with Gasteiger partial charge in [0.05, 0.1) is 29.8 Å². The summed E-state index contributed by atoms with van der Waals surface area (Å²) in [6, 6.07) is 18.0. The molecule has 1 fully saturated rings. The van der Waals surface area contributed by atoms with Gasteiger partial charge in [-0.1, -0.05) is 48.5 Å². The Bertz CT molecular complexity index is 1270. The Labute approximate surface area is 201 Å². The van der Waals surface area contributed by atoms with Gasteiger partial charge in [0.25, 0.3) is 0 Å². The monoisotopic (exact) mass is 480 g/mol. The van der Waals surface area contributed by atoms with E-state index >= 15 is 0 Å². The Kier molecular flexibility index (Phi) is 7.19. The molecule has 0 aliphatic carbocycles. The molecular weight excluding hydrogens is 448 g/mol. The number of anilines is 1. The van der Waals surface area contributed by atoms with E-state index in [0.29, 0.717) is 13.0 Å². The number of aromatic nitrogens is 2. The zero-order valence-electron chi connectivity index (χ0n) is 20.0. The van der Waals surface area contributed by atoms with Crippen LogP contribution in [0, 0.1) is 13.8 Å². The van der Waals surface area contributed by atoms with Crippen LogP contribution in [0.25, 0.3) is 0 Å². The fourth-order valence-electron chi connectivity index (χ4n) is 4.62. The van der Waals surface area contributed by atoms with Crippen molar-refractivity contribution in [2.75, 3.05) is 30.4 Å². The first kappa shape index (κ1) is 24.2. The van der Waals surface area contributed by atoms with Crippen LogP contribution in [0.5, 0.6) is 0 Å². The average Bonchev–Trinajstić information content (AvgIpc) is 3.29. The van der Waals surface area contributed by atoms with Crippen molar-refractivity contribution in [3.8, 4) is 0 Å². The molecule has 1 amide bonds. The van der Waals surface area contributed by atoms with Crippen molar-refractivity contribution in [3.63, 3.8) is 0 Å². The Morgan fingerprint density at radius 3 is 2.53 bits per heavy atom. The van der Waals surface area contributed by atoms with E-state index in [1.807, 2.05) is 72.9 Å². The number of benzene rings is 2. The normalized spacial score (nSPS) is 17.2. The second-order valence-corrected chi connectivity index (χ2v) is 11.4. The lowest BCUT2D eigenvalue weighted by Crippen LogP contribution is -2.30. The summed E-state index contributed by atoms with van der Waals surface area (Å²) in [6.45, 7) is 4.72. The van der Waals surface area contributed by atoms with Crippen molar-refractivity contribution in [2.24, 2.45) is 0 Å². The summed E-state index contributed by atoms with van der Waals surface area (Å²) in [6.07, 6.45) is 1.35. The molecule has 2 heterocycles. The van der Waals surface area contributed by atoms with Crippen molar-refractivity contribution in [1.29, 1.82) is 0 Å². The molecule has 180 valence electrons. The van der Waals surface area contributed by atoms with Gasteiger partial charge in [0.1, 0.15) is 0 Å². The van der Waals surface area contributed by atoms with E-state index in [9.17, 15) is 13.2 Å². The maximum absolute atomic E-state index is 12.8. The highest BCUT2D eigenvalue weighted by Crippen LogP contribution is 2.27. The van der Waals surface area contributed by atoms with Gasteiger partial charge in [0.15, 0.2) is 9.84 Å². The quantitative estimate of drug-likeness (QED) is 0.533. The molecule has 1 unspecified atom stereocenters. The predicted molar refractivity (Wildman–Crippen MR) is 135 cm³/mol. The minimum absolute atomic E-state index is 0.0763. The number of aryl methyl sites for hydroxylation is 1. The van der Waals surface area contributed by atoms with Gasteiger partial charge in [0.2, 0.25) is 5.91 Å². The van der Waals surface area contributed by atoms with Crippen LogP contribution < -0.4 is 5.32 Å². The van der Waals surface area contributed by atoms with E-state index in [2.05, 4.69) is 22.5 Å². The number of nitrogens with zero attached hydrogens (tertiary/aromatic N) is 3. The third-order valence-corrected chi connectivity index (χ3v) is 8.15. The van der Waals surface area contributed by atoms with Crippen LogP contribution in [-0.4, -0.2) is 54.1 Å². The van der Waals surface area contributed by atoms with Crippen LogP contribution in [0.2, 0.25) is 0 Å². The number of hydrogen-bond acceptors (Lipinski definition) is 5. The smallest absolute Gasteiger partial charge is 0.238 e. The summed E-state index contributed by atoms with van der Waals surface area (Å²) < 4.78 is 25.7. The number of carbonyl (C=O) groups excluding carboxylic acids is 1. The third-order valence-electron chi connectivity index (χ3n) is 6.40. The first-order valence-electron chi connectivity index (χ1n) is 11.6. The zero-order chi connectivity index (χ0) is 24.3. The fourth-order valence-corrected chi connectivity index (χ4v) is 6.31.